The number of nitrogens with one attached hydrogen (secondary N) is 2. The molecule has 2 aromatic rings. The van der Waals surface area contributed by atoms with Gasteiger partial charge in [0.1, 0.15) is 10.0 Å². The Morgan fingerprint density at radius 1 is 1.43 bits per heavy atom. The van der Waals surface area contributed by atoms with Crippen molar-refractivity contribution in [2.45, 2.75) is 37.9 Å². The highest BCUT2D eigenvalue weighted by molar-refractivity contribution is 7.89. The molecule has 2 aromatic heterocycles. The lowest BCUT2D eigenvalue weighted by molar-refractivity contribution is 0.568. The zero-order valence-corrected chi connectivity index (χ0v) is 14.6. The highest BCUT2D eigenvalue weighted by atomic mass is 35.5. The molecule has 0 aliphatic carbocycles. The Hall–Kier alpha value is -1.42. The van der Waals surface area contributed by atoms with Gasteiger partial charge in [-0.05, 0) is 26.0 Å². The van der Waals surface area contributed by atoms with Gasteiger partial charge in [0.05, 0.1) is 23.6 Å². The molecule has 0 spiro atoms. The van der Waals surface area contributed by atoms with Crippen LogP contribution in [0.4, 0.5) is 0 Å². The monoisotopic (exact) mass is 358 g/mol. The van der Waals surface area contributed by atoms with Crippen LogP contribution in [0.3, 0.4) is 0 Å². The van der Waals surface area contributed by atoms with E-state index in [1.54, 1.807) is 14.0 Å². The van der Waals surface area contributed by atoms with Crippen LogP contribution in [0.1, 0.15) is 23.5 Å². The highest BCUT2D eigenvalue weighted by Crippen LogP contribution is 2.24. The van der Waals surface area contributed by atoms with Crippen LogP contribution in [0.2, 0.25) is 5.15 Å². The average molecular weight is 359 g/mol. The summed E-state index contributed by atoms with van der Waals surface area (Å²) in [7, 11) is -2.13. The molecule has 0 aromatic carbocycles. The Morgan fingerprint density at radius 2 is 2.22 bits per heavy atom. The van der Waals surface area contributed by atoms with Gasteiger partial charge in [0.2, 0.25) is 10.0 Å². The molecule has 0 saturated carbocycles. The maximum absolute atomic E-state index is 12.5. The quantitative estimate of drug-likeness (QED) is 0.832. The number of hydrogen-bond donors (Lipinski definition) is 2. The molecule has 0 fully saturated rings. The van der Waals surface area contributed by atoms with Crippen molar-refractivity contribution in [2.75, 3.05) is 6.54 Å². The topological polar surface area (TPSA) is 93.8 Å². The summed E-state index contributed by atoms with van der Waals surface area (Å²) in [6, 6.07) is 1.92. The van der Waals surface area contributed by atoms with Gasteiger partial charge in [-0.1, -0.05) is 11.6 Å². The number of halogens is 1. The van der Waals surface area contributed by atoms with E-state index in [1.807, 2.05) is 10.7 Å². The van der Waals surface area contributed by atoms with Gasteiger partial charge in [-0.3, -0.25) is 9.36 Å². The smallest absolute Gasteiger partial charge is 0.245 e. The zero-order valence-electron chi connectivity index (χ0n) is 13.0. The third kappa shape index (κ3) is 3.27. The number of sulfonamides is 1. The Kier molecular flexibility index (Phi) is 4.45. The van der Waals surface area contributed by atoms with Crippen molar-refractivity contribution >= 4 is 21.6 Å². The summed E-state index contributed by atoms with van der Waals surface area (Å²) in [5.41, 5.74) is 2.12. The molecule has 1 aliphatic heterocycles. The van der Waals surface area contributed by atoms with E-state index in [9.17, 15) is 8.42 Å². The molecule has 3 rings (SSSR count). The van der Waals surface area contributed by atoms with Gasteiger partial charge in [-0.15, -0.1) is 0 Å². The van der Waals surface area contributed by atoms with Crippen LogP contribution in [0.15, 0.2) is 11.0 Å². The summed E-state index contributed by atoms with van der Waals surface area (Å²) >= 11 is 6.03. The Balaban J connectivity index is 1.77. The van der Waals surface area contributed by atoms with Crippen LogP contribution in [0.5, 0.6) is 0 Å². The molecule has 10 heteroatoms. The first kappa shape index (κ1) is 16.4. The van der Waals surface area contributed by atoms with Crippen molar-refractivity contribution in [3.05, 3.63) is 28.3 Å². The molecule has 0 saturated heterocycles. The van der Waals surface area contributed by atoms with Gasteiger partial charge in [0, 0.05) is 20.1 Å². The molecule has 2 N–H and O–H groups in total. The number of nitrogens with zero attached hydrogens (tertiary/aromatic N) is 4. The van der Waals surface area contributed by atoms with Crippen LogP contribution in [0.25, 0.3) is 0 Å². The largest absolute Gasteiger partial charge is 0.311 e. The third-order valence-corrected chi connectivity index (χ3v) is 5.85. The lowest BCUT2D eigenvalue weighted by Gasteiger charge is -2.05. The second kappa shape index (κ2) is 6.23. The van der Waals surface area contributed by atoms with Gasteiger partial charge in [-0.2, -0.15) is 10.2 Å². The van der Waals surface area contributed by atoms with Crippen molar-refractivity contribution in [2.24, 2.45) is 7.05 Å². The summed E-state index contributed by atoms with van der Waals surface area (Å²) in [4.78, 5) is 0.0177. The van der Waals surface area contributed by atoms with Crippen LogP contribution in [-0.2, 0) is 36.7 Å². The van der Waals surface area contributed by atoms with Gasteiger partial charge in [0.25, 0.3) is 0 Å². The van der Waals surface area contributed by atoms with E-state index in [2.05, 4.69) is 20.2 Å². The Labute approximate surface area is 139 Å². The summed E-state index contributed by atoms with van der Waals surface area (Å²) in [5.74, 6) is 0. The third-order valence-electron chi connectivity index (χ3n) is 3.76. The highest BCUT2D eigenvalue weighted by Gasteiger charge is 2.25. The number of fused-ring (bicyclic) bond motifs is 1. The van der Waals surface area contributed by atoms with E-state index in [0.717, 1.165) is 31.7 Å². The molecule has 0 amide bonds. The second-order valence-corrected chi connectivity index (χ2v) is 7.60. The maximum Gasteiger partial charge on any atom is 0.245 e. The Bertz CT molecular complexity index is 802. The number of aryl methyl sites for hydroxylation is 3. The minimum Gasteiger partial charge on any atom is -0.311 e. The molecule has 126 valence electrons. The van der Waals surface area contributed by atoms with Gasteiger partial charge in [0.15, 0.2) is 0 Å². The van der Waals surface area contributed by atoms with E-state index in [1.165, 1.54) is 4.68 Å². The second-order valence-electron chi connectivity index (χ2n) is 5.53. The predicted molar refractivity (Wildman–Crippen MR) is 85.5 cm³/mol. The zero-order chi connectivity index (χ0) is 16.6. The lowest BCUT2D eigenvalue weighted by Crippen LogP contribution is -2.24. The van der Waals surface area contributed by atoms with E-state index in [4.69, 9.17) is 11.6 Å². The first-order chi connectivity index (χ1) is 10.9. The molecule has 0 radical (unpaired) electrons. The molecule has 0 atom stereocenters. The Morgan fingerprint density at radius 3 is 2.91 bits per heavy atom. The summed E-state index contributed by atoms with van der Waals surface area (Å²) in [6.45, 7) is 4.28. The summed E-state index contributed by atoms with van der Waals surface area (Å²) in [6.07, 6.45) is 1.00. The van der Waals surface area contributed by atoms with Crippen molar-refractivity contribution in [1.82, 2.24) is 29.6 Å². The van der Waals surface area contributed by atoms with Crippen molar-refractivity contribution in [1.29, 1.82) is 0 Å². The molecular formula is C13H19ClN6O2S. The summed E-state index contributed by atoms with van der Waals surface area (Å²) < 4.78 is 30.7. The number of aromatic nitrogens is 4. The molecule has 0 unspecified atom stereocenters. The molecule has 3 heterocycles. The molecular weight excluding hydrogens is 340 g/mol. The van der Waals surface area contributed by atoms with Crippen LogP contribution in [0, 0.1) is 6.92 Å². The average Bonchev–Trinajstić information content (AvgIpc) is 2.89. The minimum atomic E-state index is -3.74. The van der Waals surface area contributed by atoms with Gasteiger partial charge < -0.3 is 5.32 Å². The van der Waals surface area contributed by atoms with E-state index in [-0.39, 0.29) is 16.6 Å². The van der Waals surface area contributed by atoms with E-state index in [0.29, 0.717) is 11.4 Å². The SMILES string of the molecule is Cc1nn(C)c(Cl)c1S(=O)(=O)NCc1cc2n(n1)CCCNC2. The number of rotatable bonds is 4. The van der Waals surface area contributed by atoms with Crippen LogP contribution >= 0.6 is 11.6 Å². The fraction of sp³-hybridized carbons (Fsp3) is 0.538. The predicted octanol–water partition coefficient (Wildman–Crippen LogP) is 0.550. The number of hydrogen-bond acceptors (Lipinski definition) is 5. The van der Waals surface area contributed by atoms with Crippen LogP contribution < -0.4 is 10.0 Å². The van der Waals surface area contributed by atoms with Crippen molar-refractivity contribution < 1.29 is 8.42 Å². The maximum atomic E-state index is 12.5. The molecule has 0 bridgehead atoms. The fourth-order valence-corrected chi connectivity index (χ4v) is 4.41. The fourth-order valence-electron chi connectivity index (χ4n) is 2.66. The van der Waals surface area contributed by atoms with Gasteiger partial charge in [-0.25, -0.2) is 13.1 Å². The van der Waals surface area contributed by atoms with Crippen molar-refractivity contribution in [3.8, 4) is 0 Å². The van der Waals surface area contributed by atoms with E-state index < -0.39 is 10.0 Å². The standard InChI is InChI=1S/C13H19ClN6O2S/c1-9-12(13(14)19(2)17-9)23(21,22)16-7-10-6-11-8-15-4-3-5-20(11)18-10/h6,15-16H,3-5,7-8H2,1-2H3. The van der Waals surface area contributed by atoms with Crippen molar-refractivity contribution in [3.63, 3.8) is 0 Å². The normalized spacial score (nSPS) is 15.4. The van der Waals surface area contributed by atoms with Gasteiger partial charge >= 0.3 is 0 Å². The molecule has 8 nitrogen and oxygen atoms in total. The minimum absolute atomic E-state index is 0.0177. The van der Waals surface area contributed by atoms with E-state index >= 15 is 0 Å². The summed E-state index contributed by atoms with van der Waals surface area (Å²) in [5, 5.41) is 11.9. The molecule has 23 heavy (non-hydrogen) atoms. The first-order valence-electron chi connectivity index (χ1n) is 7.33. The van der Waals surface area contributed by atoms with Crippen LogP contribution in [-0.4, -0.2) is 34.5 Å². The molecule has 1 aliphatic rings. The first-order valence-corrected chi connectivity index (χ1v) is 9.19. The lowest BCUT2D eigenvalue weighted by atomic mass is 10.3.